The molecule has 0 saturated carbocycles. The zero-order chi connectivity index (χ0) is 23.2. The Morgan fingerprint density at radius 3 is 2.47 bits per heavy atom. The lowest BCUT2D eigenvalue weighted by atomic mass is 9.83. The van der Waals surface area contributed by atoms with Crippen LogP contribution in [0.25, 0.3) is 11.8 Å². The maximum Gasteiger partial charge on any atom is 0.335 e. The number of hydrogen-bond acceptors (Lipinski definition) is 4. The maximum absolute atomic E-state index is 13.7. The molecule has 0 spiro atoms. The van der Waals surface area contributed by atoms with Crippen molar-refractivity contribution in [2.24, 2.45) is 4.99 Å². The number of carbonyl (C=O) groups is 1. The molecule has 2 heterocycles. The maximum atomic E-state index is 13.7. The van der Waals surface area contributed by atoms with E-state index in [0.717, 1.165) is 35.2 Å². The Hall–Kier alpha value is -4.03. The molecule has 0 amide bonds. The van der Waals surface area contributed by atoms with Crippen molar-refractivity contribution in [2.45, 2.75) is 18.9 Å². The van der Waals surface area contributed by atoms with E-state index in [2.05, 4.69) is 30.3 Å². The van der Waals surface area contributed by atoms with Crippen molar-refractivity contribution in [3.8, 4) is 0 Å². The lowest BCUT2D eigenvalue weighted by molar-refractivity contribution is 0.0697. The van der Waals surface area contributed by atoms with E-state index < -0.39 is 5.97 Å². The van der Waals surface area contributed by atoms with E-state index in [1.165, 1.54) is 22.5 Å². The molecule has 6 rings (SSSR count). The van der Waals surface area contributed by atoms with Gasteiger partial charge in [-0.3, -0.25) is 9.36 Å². The normalized spacial score (nSPS) is 16.9. The molecule has 34 heavy (non-hydrogen) atoms. The van der Waals surface area contributed by atoms with Gasteiger partial charge < -0.3 is 5.11 Å². The van der Waals surface area contributed by atoms with Crippen LogP contribution in [0.1, 0.15) is 45.1 Å². The third-order valence-electron chi connectivity index (χ3n) is 6.44. The number of rotatable bonds is 3. The highest BCUT2D eigenvalue weighted by Gasteiger charge is 2.32. The van der Waals surface area contributed by atoms with Gasteiger partial charge in [-0.25, -0.2) is 9.79 Å². The standard InChI is InChI=1S/C28H20N2O3S/c31-26-23(16-17-10-12-20(13-11-17)27(32)33)34-28-29-24-21-9-5-4-6-18(21)14-15-22(24)25(30(26)28)19-7-2-1-3-8-19/h1-13,16,25H,14-15H2,(H,32,33)/b23-16+. The number of fused-ring (bicyclic) bond motifs is 3. The summed E-state index contributed by atoms with van der Waals surface area (Å²) in [5, 5.41) is 9.15. The summed E-state index contributed by atoms with van der Waals surface area (Å²) < 4.78 is 2.40. The third-order valence-corrected chi connectivity index (χ3v) is 7.43. The van der Waals surface area contributed by atoms with Gasteiger partial charge in [0.25, 0.3) is 5.56 Å². The quantitative estimate of drug-likeness (QED) is 0.498. The van der Waals surface area contributed by atoms with Crippen molar-refractivity contribution in [2.75, 3.05) is 0 Å². The summed E-state index contributed by atoms with van der Waals surface area (Å²) in [4.78, 5) is 30.5. The highest BCUT2D eigenvalue weighted by molar-refractivity contribution is 7.07. The van der Waals surface area contributed by atoms with E-state index >= 15 is 0 Å². The van der Waals surface area contributed by atoms with Crippen LogP contribution in [-0.2, 0) is 6.42 Å². The highest BCUT2D eigenvalue weighted by atomic mass is 32.1. The predicted octanol–water partition coefficient (Wildman–Crippen LogP) is 4.02. The monoisotopic (exact) mass is 464 g/mol. The molecular formula is C28H20N2O3S. The lowest BCUT2D eigenvalue weighted by Gasteiger charge is -2.30. The number of aromatic carboxylic acids is 1. The second kappa shape index (κ2) is 8.08. The van der Waals surface area contributed by atoms with E-state index in [0.29, 0.717) is 9.33 Å². The fourth-order valence-corrected chi connectivity index (χ4v) is 5.83. The van der Waals surface area contributed by atoms with Crippen LogP contribution in [0.2, 0.25) is 0 Å². The van der Waals surface area contributed by atoms with Crippen LogP contribution < -0.4 is 14.9 Å². The smallest absolute Gasteiger partial charge is 0.335 e. The van der Waals surface area contributed by atoms with Gasteiger partial charge in [-0.2, -0.15) is 0 Å². The van der Waals surface area contributed by atoms with Gasteiger partial charge in [0.2, 0.25) is 0 Å². The zero-order valence-corrected chi connectivity index (χ0v) is 19.0. The van der Waals surface area contributed by atoms with E-state index in [9.17, 15) is 9.59 Å². The number of allylic oxidation sites excluding steroid dienone is 1. The molecule has 4 aromatic rings. The average Bonchev–Trinajstić information content (AvgIpc) is 3.18. The number of benzene rings is 3. The van der Waals surface area contributed by atoms with Gasteiger partial charge in [-0.05, 0) is 53.3 Å². The van der Waals surface area contributed by atoms with E-state index in [1.807, 2.05) is 34.9 Å². The molecule has 0 fully saturated rings. The van der Waals surface area contributed by atoms with Crippen LogP contribution in [0.4, 0.5) is 0 Å². The fourth-order valence-electron chi connectivity index (χ4n) is 4.83. The number of aryl methyl sites for hydroxylation is 1. The number of aromatic nitrogens is 1. The van der Waals surface area contributed by atoms with Crippen LogP contribution in [-0.4, -0.2) is 15.6 Å². The molecule has 3 aromatic carbocycles. The Morgan fingerprint density at radius 2 is 1.71 bits per heavy atom. The molecule has 0 saturated heterocycles. The number of nitrogens with zero attached hydrogens (tertiary/aromatic N) is 2. The highest BCUT2D eigenvalue weighted by Crippen LogP contribution is 2.41. The molecule has 1 atom stereocenters. The summed E-state index contributed by atoms with van der Waals surface area (Å²) in [6.07, 6.45) is 3.60. The Labute approximate surface area is 199 Å². The van der Waals surface area contributed by atoms with Crippen LogP contribution in [0.3, 0.4) is 0 Å². The van der Waals surface area contributed by atoms with Gasteiger partial charge in [0.05, 0.1) is 21.8 Å². The molecule has 6 heteroatoms. The van der Waals surface area contributed by atoms with Crippen LogP contribution in [0, 0.1) is 0 Å². The van der Waals surface area contributed by atoms with Crippen LogP contribution in [0.5, 0.6) is 0 Å². The van der Waals surface area contributed by atoms with Crippen LogP contribution in [0.15, 0.2) is 94.2 Å². The first-order valence-corrected chi connectivity index (χ1v) is 11.9. The molecule has 2 aliphatic rings. The molecule has 1 N–H and O–H groups in total. The van der Waals surface area contributed by atoms with Crippen LogP contribution >= 0.6 is 11.3 Å². The van der Waals surface area contributed by atoms with Crippen molar-refractivity contribution in [1.29, 1.82) is 0 Å². The Balaban J connectivity index is 1.58. The third kappa shape index (κ3) is 3.35. The second-order valence-electron chi connectivity index (χ2n) is 8.45. The summed E-state index contributed by atoms with van der Waals surface area (Å²) >= 11 is 1.37. The molecule has 1 aromatic heterocycles. The average molecular weight is 465 g/mol. The van der Waals surface area contributed by atoms with Gasteiger partial charge in [0, 0.05) is 5.56 Å². The second-order valence-corrected chi connectivity index (χ2v) is 9.46. The van der Waals surface area contributed by atoms with E-state index in [-0.39, 0.29) is 17.2 Å². The summed E-state index contributed by atoms with van der Waals surface area (Å²) in [7, 11) is 0. The molecule has 1 unspecified atom stereocenters. The predicted molar refractivity (Wildman–Crippen MR) is 133 cm³/mol. The largest absolute Gasteiger partial charge is 0.478 e. The molecule has 5 nitrogen and oxygen atoms in total. The van der Waals surface area contributed by atoms with E-state index in [4.69, 9.17) is 10.1 Å². The Morgan fingerprint density at radius 1 is 0.971 bits per heavy atom. The fraction of sp³-hybridized carbons (Fsp3) is 0.107. The first-order chi connectivity index (χ1) is 16.6. The minimum atomic E-state index is -0.973. The topological polar surface area (TPSA) is 71.7 Å². The molecule has 1 aliphatic carbocycles. The van der Waals surface area contributed by atoms with Gasteiger partial charge >= 0.3 is 5.97 Å². The van der Waals surface area contributed by atoms with Crippen molar-refractivity contribution in [3.63, 3.8) is 0 Å². The number of thiazole rings is 1. The Kier molecular flexibility index (Phi) is 4.89. The molecular weight excluding hydrogens is 444 g/mol. The van der Waals surface area contributed by atoms with Crippen molar-refractivity contribution >= 4 is 29.1 Å². The molecule has 0 bridgehead atoms. The van der Waals surface area contributed by atoms with Crippen molar-refractivity contribution in [1.82, 2.24) is 4.57 Å². The number of carboxylic acid groups (broad SMARTS) is 1. The first kappa shape index (κ1) is 20.6. The Bertz CT molecular complexity index is 1640. The zero-order valence-electron chi connectivity index (χ0n) is 18.1. The minimum Gasteiger partial charge on any atom is -0.478 e. The van der Waals surface area contributed by atoms with E-state index in [1.54, 1.807) is 24.3 Å². The first-order valence-electron chi connectivity index (χ1n) is 11.1. The summed E-state index contributed by atoms with van der Waals surface area (Å²) in [6.45, 7) is 0. The van der Waals surface area contributed by atoms with Gasteiger partial charge in [0.1, 0.15) is 0 Å². The van der Waals surface area contributed by atoms with Gasteiger partial charge in [0.15, 0.2) is 4.80 Å². The SMILES string of the molecule is O=C(O)c1ccc(/C=c2/sc3n(c2=O)C(c2ccccc2)C2=C(N=3)c3ccccc3CC2)cc1. The summed E-state index contributed by atoms with van der Waals surface area (Å²) in [6, 6.07) is 24.9. The van der Waals surface area contributed by atoms with Crippen molar-refractivity contribution in [3.05, 3.63) is 132 Å². The number of carboxylic acids is 1. The summed E-state index contributed by atoms with van der Waals surface area (Å²) in [5.41, 5.74) is 6.58. The molecule has 0 radical (unpaired) electrons. The molecule has 166 valence electrons. The molecule has 1 aliphatic heterocycles. The lowest BCUT2D eigenvalue weighted by Crippen LogP contribution is -2.38. The van der Waals surface area contributed by atoms with Gasteiger partial charge in [-0.1, -0.05) is 78.1 Å². The minimum absolute atomic E-state index is 0.0784. The summed E-state index contributed by atoms with van der Waals surface area (Å²) in [5.74, 6) is -0.973. The number of hydrogen-bond donors (Lipinski definition) is 1. The van der Waals surface area contributed by atoms with Crippen molar-refractivity contribution < 1.29 is 9.90 Å². The van der Waals surface area contributed by atoms with Gasteiger partial charge in [-0.15, -0.1) is 0 Å².